The molecule has 1 nitrogen and oxygen atoms in total. The summed E-state index contributed by atoms with van der Waals surface area (Å²) in [5.74, 6) is 0. The molecular weight excluding hydrogens is 386 g/mol. The average molecular weight is 390 g/mol. The van der Waals surface area contributed by atoms with Gasteiger partial charge in [-0.15, -0.1) is 0 Å². The Balaban J connectivity index is 3.27. The van der Waals surface area contributed by atoms with Crippen LogP contribution >= 0.6 is 38.5 Å². The van der Waals surface area contributed by atoms with E-state index < -0.39 is 11.7 Å². The van der Waals surface area contributed by atoms with Gasteiger partial charge in [-0.1, -0.05) is 15.9 Å². The summed E-state index contributed by atoms with van der Waals surface area (Å²) in [4.78, 5) is 0. The molecule has 1 rings (SSSR count). The molecule has 0 aliphatic heterocycles. The maximum atomic E-state index is 12.4. The second kappa shape index (κ2) is 4.70. The van der Waals surface area contributed by atoms with Crippen LogP contribution in [0.5, 0.6) is 0 Å². The van der Waals surface area contributed by atoms with E-state index in [0.29, 0.717) is 13.6 Å². The minimum atomic E-state index is -4.35. The van der Waals surface area contributed by atoms with Crippen LogP contribution in [-0.4, -0.2) is 0 Å². The van der Waals surface area contributed by atoms with Gasteiger partial charge in [-0.2, -0.15) is 18.4 Å². The van der Waals surface area contributed by atoms with Crippen LogP contribution in [-0.2, 0) is 12.6 Å². The Morgan fingerprint density at radius 2 is 2.00 bits per heavy atom. The Morgan fingerprint density at radius 3 is 2.40 bits per heavy atom. The van der Waals surface area contributed by atoms with Crippen molar-refractivity contribution in [2.24, 2.45) is 0 Å². The maximum Gasteiger partial charge on any atom is 0.416 e. The van der Waals surface area contributed by atoms with Crippen molar-refractivity contribution < 1.29 is 13.2 Å². The lowest BCUT2D eigenvalue weighted by Gasteiger charge is -2.10. The molecule has 0 radical (unpaired) electrons. The van der Waals surface area contributed by atoms with Crippen molar-refractivity contribution in [2.45, 2.75) is 12.6 Å². The van der Waals surface area contributed by atoms with Crippen molar-refractivity contribution in [1.29, 1.82) is 5.26 Å². The first-order valence-electron chi connectivity index (χ1n) is 3.78. The fourth-order valence-electron chi connectivity index (χ4n) is 1.01. The standard InChI is InChI=1S/C9H4BrF3IN/c10-7-3-5(9(11,12)13)4-8(14)6(7)1-2-15/h3-4H,1H2. The van der Waals surface area contributed by atoms with Crippen molar-refractivity contribution in [3.63, 3.8) is 0 Å². The van der Waals surface area contributed by atoms with Crippen molar-refractivity contribution in [1.82, 2.24) is 0 Å². The van der Waals surface area contributed by atoms with E-state index in [2.05, 4.69) is 15.9 Å². The summed E-state index contributed by atoms with van der Waals surface area (Å²) >= 11 is 4.83. The molecule has 0 amide bonds. The molecular formula is C9H4BrF3IN. The molecule has 15 heavy (non-hydrogen) atoms. The Bertz CT molecular complexity index is 399. The highest BCUT2D eigenvalue weighted by atomic mass is 127. The van der Waals surface area contributed by atoms with Gasteiger partial charge in [0.1, 0.15) is 0 Å². The highest BCUT2D eigenvalue weighted by Gasteiger charge is 2.31. The van der Waals surface area contributed by atoms with Crippen LogP contribution < -0.4 is 0 Å². The van der Waals surface area contributed by atoms with E-state index in [9.17, 15) is 13.2 Å². The first kappa shape index (κ1) is 12.8. The third-order valence-corrected chi connectivity index (χ3v) is 3.39. The van der Waals surface area contributed by atoms with Gasteiger partial charge in [0.05, 0.1) is 18.1 Å². The van der Waals surface area contributed by atoms with E-state index in [1.807, 2.05) is 6.07 Å². The van der Waals surface area contributed by atoms with Gasteiger partial charge in [-0.25, -0.2) is 0 Å². The van der Waals surface area contributed by atoms with E-state index in [1.165, 1.54) is 0 Å². The number of nitriles is 1. The molecule has 0 saturated heterocycles. The van der Waals surface area contributed by atoms with Crippen LogP contribution in [0.25, 0.3) is 0 Å². The van der Waals surface area contributed by atoms with Crippen molar-refractivity contribution in [3.05, 3.63) is 31.3 Å². The summed E-state index contributed by atoms with van der Waals surface area (Å²) in [7, 11) is 0. The fraction of sp³-hybridized carbons (Fsp3) is 0.222. The van der Waals surface area contributed by atoms with E-state index in [4.69, 9.17) is 5.26 Å². The quantitative estimate of drug-likeness (QED) is 0.662. The summed E-state index contributed by atoms with van der Waals surface area (Å²) in [6.07, 6.45) is -4.26. The lowest BCUT2D eigenvalue weighted by molar-refractivity contribution is -0.137. The minimum absolute atomic E-state index is 0.0942. The van der Waals surface area contributed by atoms with Gasteiger partial charge in [0.2, 0.25) is 0 Å². The second-order valence-corrected chi connectivity index (χ2v) is 4.77. The van der Waals surface area contributed by atoms with Crippen LogP contribution in [0.15, 0.2) is 16.6 Å². The Hall–Kier alpha value is -0.290. The maximum absolute atomic E-state index is 12.4. The minimum Gasteiger partial charge on any atom is -0.198 e. The molecule has 0 spiro atoms. The number of nitrogens with zero attached hydrogens (tertiary/aromatic N) is 1. The zero-order valence-corrected chi connectivity index (χ0v) is 10.9. The molecule has 0 fully saturated rings. The summed E-state index contributed by atoms with van der Waals surface area (Å²) in [6.45, 7) is 0. The van der Waals surface area contributed by atoms with E-state index in [1.54, 1.807) is 22.6 Å². The summed E-state index contributed by atoms with van der Waals surface area (Å²) in [5.41, 5.74) is -0.119. The normalized spacial score (nSPS) is 11.2. The van der Waals surface area contributed by atoms with Crippen LogP contribution in [0.2, 0.25) is 0 Å². The fourth-order valence-corrected chi connectivity index (χ4v) is 2.80. The highest BCUT2D eigenvalue weighted by Crippen LogP contribution is 2.34. The Morgan fingerprint density at radius 1 is 1.40 bits per heavy atom. The molecule has 0 atom stereocenters. The number of alkyl halides is 3. The van der Waals surface area contributed by atoms with Gasteiger partial charge in [-0.05, 0) is 40.3 Å². The van der Waals surface area contributed by atoms with Crippen LogP contribution in [0.1, 0.15) is 11.1 Å². The molecule has 80 valence electrons. The number of halogens is 5. The van der Waals surface area contributed by atoms with E-state index >= 15 is 0 Å². The summed E-state index contributed by atoms with van der Waals surface area (Å²) in [5, 5.41) is 8.50. The molecule has 0 bridgehead atoms. The largest absolute Gasteiger partial charge is 0.416 e. The lowest BCUT2D eigenvalue weighted by Crippen LogP contribution is -2.06. The Labute approximate surface area is 107 Å². The van der Waals surface area contributed by atoms with Gasteiger partial charge in [0, 0.05) is 8.04 Å². The molecule has 1 aromatic carbocycles. The molecule has 0 aliphatic rings. The van der Waals surface area contributed by atoms with Crippen LogP contribution in [0.4, 0.5) is 13.2 Å². The SMILES string of the molecule is N#CCc1c(Br)cc(C(F)(F)F)cc1I. The van der Waals surface area contributed by atoms with Gasteiger partial charge >= 0.3 is 6.18 Å². The molecule has 0 aromatic heterocycles. The molecule has 6 heteroatoms. The van der Waals surface area contributed by atoms with Gasteiger partial charge in [0.25, 0.3) is 0 Å². The van der Waals surface area contributed by atoms with Crippen LogP contribution in [0.3, 0.4) is 0 Å². The highest BCUT2D eigenvalue weighted by molar-refractivity contribution is 14.1. The zero-order valence-electron chi connectivity index (χ0n) is 7.20. The monoisotopic (exact) mass is 389 g/mol. The zero-order chi connectivity index (χ0) is 11.6. The molecule has 0 aliphatic carbocycles. The van der Waals surface area contributed by atoms with E-state index in [-0.39, 0.29) is 6.42 Å². The lowest BCUT2D eigenvalue weighted by atomic mass is 10.1. The second-order valence-electron chi connectivity index (χ2n) is 2.75. The Kier molecular flexibility index (Phi) is 4.00. The first-order chi connectivity index (χ1) is 6.86. The first-order valence-corrected chi connectivity index (χ1v) is 5.65. The van der Waals surface area contributed by atoms with Crippen molar-refractivity contribution in [2.75, 3.05) is 0 Å². The molecule has 0 N–H and O–H groups in total. The van der Waals surface area contributed by atoms with E-state index in [0.717, 1.165) is 12.1 Å². The van der Waals surface area contributed by atoms with Gasteiger partial charge in [-0.3, -0.25) is 0 Å². The predicted octanol–water partition coefficient (Wildman–Crippen LogP) is 4.14. The number of rotatable bonds is 1. The number of hydrogen-bond acceptors (Lipinski definition) is 1. The molecule has 1 aromatic rings. The molecule has 0 saturated carbocycles. The van der Waals surface area contributed by atoms with Crippen molar-refractivity contribution >= 4 is 38.5 Å². The molecule has 0 heterocycles. The third-order valence-electron chi connectivity index (χ3n) is 1.72. The van der Waals surface area contributed by atoms with Crippen molar-refractivity contribution in [3.8, 4) is 6.07 Å². The number of benzene rings is 1. The predicted molar refractivity (Wildman–Crippen MR) is 61.2 cm³/mol. The van der Waals surface area contributed by atoms with Crippen LogP contribution in [0, 0.1) is 14.9 Å². The smallest absolute Gasteiger partial charge is 0.198 e. The topological polar surface area (TPSA) is 23.8 Å². The van der Waals surface area contributed by atoms with Gasteiger partial charge in [0.15, 0.2) is 0 Å². The third kappa shape index (κ3) is 3.08. The molecule has 0 unspecified atom stereocenters. The average Bonchev–Trinajstić information content (AvgIpc) is 2.09. The summed E-state index contributed by atoms with van der Waals surface area (Å²) < 4.78 is 37.9. The van der Waals surface area contributed by atoms with Gasteiger partial charge < -0.3 is 0 Å². The number of hydrogen-bond donors (Lipinski definition) is 0. The summed E-state index contributed by atoms with van der Waals surface area (Å²) in [6, 6.07) is 3.94.